The first kappa shape index (κ1) is 20.7. The summed E-state index contributed by atoms with van der Waals surface area (Å²) in [6.45, 7) is 7.55. The highest BCUT2D eigenvalue weighted by molar-refractivity contribution is 14.0. The summed E-state index contributed by atoms with van der Waals surface area (Å²) < 4.78 is 6.13. The maximum Gasteiger partial charge on any atom is 0.188 e. The van der Waals surface area contributed by atoms with Crippen LogP contribution in [0.4, 0.5) is 0 Å². The van der Waals surface area contributed by atoms with Gasteiger partial charge in [0, 0.05) is 23.0 Å². The van der Waals surface area contributed by atoms with Crippen molar-refractivity contribution in [3.05, 3.63) is 34.3 Å². The molecular formula is C15H25BrIN3O. The van der Waals surface area contributed by atoms with Crippen molar-refractivity contribution in [1.29, 1.82) is 0 Å². The van der Waals surface area contributed by atoms with E-state index in [1.54, 1.807) is 7.11 Å². The molecule has 1 aromatic carbocycles. The Morgan fingerprint density at radius 3 is 2.71 bits per heavy atom. The highest BCUT2D eigenvalue weighted by Crippen LogP contribution is 2.25. The number of halogens is 2. The van der Waals surface area contributed by atoms with E-state index in [-0.39, 0.29) is 35.4 Å². The zero-order chi connectivity index (χ0) is 15.2. The first-order valence-electron chi connectivity index (χ1n) is 6.66. The molecule has 1 aromatic rings. The molecule has 0 saturated heterocycles. The molecule has 120 valence electrons. The van der Waals surface area contributed by atoms with E-state index < -0.39 is 0 Å². The van der Waals surface area contributed by atoms with Crippen LogP contribution in [0.25, 0.3) is 0 Å². The monoisotopic (exact) mass is 469 g/mol. The Balaban J connectivity index is 0.00000400. The normalized spacial score (nSPS) is 13.5. The molecule has 0 bridgehead atoms. The molecule has 0 aromatic heterocycles. The fourth-order valence-electron chi connectivity index (χ4n) is 1.87. The molecule has 0 heterocycles. The minimum absolute atomic E-state index is 0. The Labute approximate surface area is 153 Å². The number of hydrogen-bond acceptors (Lipinski definition) is 2. The Morgan fingerprint density at radius 1 is 1.48 bits per heavy atom. The predicted octanol–water partition coefficient (Wildman–Crippen LogP) is 3.28. The minimum atomic E-state index is -0.0689. The molecule has 0 radical (unpaired) electrons. The van der Waals surface area contributed by atoms with E-state index in [2.05, 4.69) is 52.2 Å². The minimum Gasteiger partial charge on any atom is -0.383 e. The number of hydrogen-bond donors (Lipinski definition) is 2. The first-order chi connectivity index (χ1) is 9.35. The van der Waals surface area contributed by atoms with Crippen molar-refractivity contribution in [1.82, 2.24) is 5.32 Å². The zero-order valence-electron chi connectivity index (χ0n) is 13.0. The quantitative estimate of drug-likeness (QED) is 0.382. The number of aliphatic imine (C=N–C) groups is 1. The number of nitrogens with zero attached hydrogens (tertiary/aromatic N) is 1. The molecule has 3 N–H and O–H groups in total. The number of guanidine groups is 1. The standard InChI is InChI=1S/C15H24BrN3O.HI/c1-11(9-20-4)19-14(17)18-10-15(2,3)12-6-5-7-13(16)8-12;/h5-8,11H,9-10H2,1-4H3,(H3,17,18,19);1H. The molecule has 1 rings (SSSR count). The lowest BCUT2D eigenvalue weighted by Crippen LogP contribution is -2.41. The molecule has 0 aliphatic rings. The van der Waals surface area contributed by atoms with E-state index in [4.69, 9.17) is 10.5 Å². The van der Waals surface area contributed by atoms with Gasteiger partial charge in [-0.3, -0.25) is 4.99 Å². The highest BCUT2D eigenvalue weighted by atomic mass is 127. The van der Waals surface area contributed by atoms with Gasteiger partial charge in [-0.1, -0.05) is 41.9 Å². The summed E-state index contributed by atoms with van der Waals surface area (Å²) in [6, 6.07) is 8.43. The van der Waals surface area contributed by atoms with Crippen LogP contribution in [0.1, 0.15) is 26.3 Å². The van der Waals surface area contributed by atoms with Gasteiger partial charge < -0.3 is 15.8 Å². The van der Waals surface area contributed by atoms with Crippen LogP contribution >= 0.6 is 39.9 Å². The van der Waals surface area contributed by atoms with E-state index in [0.29, 0.717) is 19.1 Å². The van der Waals surface area contributed by atoms with Gasteiger partial charge in [0.1, 0.15) is 0 Å². The van der Waals surface area contributed by atoms with Crippen LogP contribution < -0.4 is 11.1 Å². The lowest BCUT2D eigenvalue weighted by atomic mass is 9.85. The fraction of sp³-hybridized carbons (Fsp3) is 0.533. The summed E-state index contributed by atoms with van der Waals surface area (Å²) in [4.78, 5) is 4.44. The van der Waals surface area contributed by atoms with Gasteiger partial charge in [0.25, 0.3) is 0 Å². The average Bonchev–Trinajstić information content (AvgIpc) is 2.37. The van der Waals surface area contributed by atoms with E-state index in [0.717, 1.165) is 4.47 Å². The van der Waals surface area contributed by atoms with Crippen molar-refractivity contribution in [2.45, 2.75) is 32.2 Å². The second-order valence-corrected chi connectivity index (χ2v) is 6.51. The SMILES string of the molecule is COCC(C)NC(N)=NCC(C)(C)c1cccc(Br)c1.I. The van der Waals surface area contributed by atoms with Crippen molar-refractivity contribution in [3.8, 4) is 0 Å². The second-order valence-electron chi connectivity index (χ2n) is 5.60. The molecular weight excluding hydrogens is 445 g/mol. The summed E-state index contributed by atoms with van der Waals surface area (Å²) >= 11 is 3.50. The van der Waals surface area contributed by atoms with E-state index in [1.807, 2.05) is 19.1 Å². The number of benzene rings is 1. The van der Waals surface area contributed by atoms with E-state index in [9.17, 15) is 0 Å². The molecule has 0 spiro atoms. The molecule has 0 amide bonds. The Morgan fingerprint density at radius 2 is 2.14 bits per heavy atom. The maximum atomic E-state index is 5.89. The third-order valence-corrected chi connectivity index (χ3v) is 3.55. The largest absolute Gasteiger partial charge is 0.383 e. The third kappa shape index (κ3) is 7.46. The Bertz CT molecular complexity index is 466. The van der Waals surface area contributed by atoms with Crippen LogP contribution in [0.2, 0.25) is 0 Å². The first-order valence-corrected chi connectivity index (χ1v) is 7.46. The Kier molecular flexibility index (Phi) is 9.48. The number of ether oxygens (including phenoxy) is 1. The molecule has 4 nitrogen and oxygen atoms in total. The summed E-state index contributed by atoms with van der Waals surface area (Å²) in [5.74, 6) is 0.456. The molecule has 0 aliphatic heterocycles. The van der Waals surface area contributed by atoms with Gasteiger partial charge in [0.15, 0.2) is 5.96 Å². The molecule has 1 unspecified atom stereocenters. The van der Waals surface area contributed by atoms with Crippen LogP contribution in [0, 0.1) is 0 Å². The van der Waals surface area contributed by atoms with Crippen LogP contribution in [0.3, 0.4) is 0 Å². The van der Waals surface area contributed by atoms with Crippen LogP contribution in [0.15, 0.2) is 33.7 Å². The van der Waals surface area contributed by atoms with Gasteiger partial charge in [-0.05, 0) is 24.6 Å². The van der Waals surface area contributed by atoms with Gasteiger partial charge in [-0.15, -0.1) is 24.0 Å². The molecule has 0 fully saturated rings. The van der Waals surface area contributed by atoms with Gasteiger partial charge >= 0.3 is 0 Å². The summed E-state index contributed by atoms with van der Waals surface area (Å²) in [7, 11) is 1.67. The van der Waals surface area contributed by atoms with Crippen molar-refractivity contribution < 1.29 is 4.74 Å². The lowest BCUT2D eigenvalue weighted by Gasteiger charge is -2.24. The number of rotatable bonds is 6. The molecule has 21 heavy (non-hydrogen) atoms. The maximum absolute atomic E-state index is 5.89. The number of nitrogens with two attached hydrogens (primary N) is 1. The fourth-order valence-corrected chi connectivity index (χ4v) is 2.27. The van der Waals surface area contributed by atoms with Crippen LogP contribution in [-0.4, -0.2) is 32.3 Å². The molecule has 1 atom stereocenters. The van der Waals surface area contributed by atoms with Crippen molar-refractivity contribution in [2.24, 2.45) is 10.7 Å². The smallest absolute Gasteiger partial charge is 0.188 e. The summed E-state index contributed by atoms with van der Waals surface area (Å²) in [5.41, 5.74) is 7.06. The summed E-state index contributed by atoms with van der Waals surface area (Å²) in [5, 5.41) is 3.11. The van der Waals surface area contributed by atoms with Crippen LogP contribution in [-0.2, 0) is 10.2 Å². The van der Waals surface area contributed by atoms with Crippen molar-refractivity contribution in [3.63, 3.8) is 0 Å². The van der Waals surface area contributed by atoms with Gasteiger partial charge in [0.05, 0.1) is 13.2 Å². The topological polar surface area (TPSA) is 59.6 Å². The molecule has 0 saturated carbocycles. The van der Waals surface area contributed by atoms with Gasteiger partial charge in [-0.25, -0.2) is 0 Å². The Hall–Kier alpha value is -0.340. The van der Waals surface area contributed by atoms with Crippen LogP contribution in [0.5, 0.6) is 0 Å². The zero-order valence-corrected chi connectivity index (χ0v) is 16.9. The molecule has 6 heteroatoms. The predicted molar refractivity (Wildman–Crippen MR) is 104 cm³/mol. The van der Waals surface area contributed by atoms with Crippen molar-refractivity contribution >= 4 is 45.9 Å². The number of methoxy groups -OCH3 is 1. The lowest BCUT2D eigenvalue weighted by molar-refractivity contribution is 0.179. The second kappa shape index (κ2) is 9.63. The third-order valence-electron chi connectivity index (χ3n) is 3.06. The summed E-state index contributed by atoms with van der Waals surface area (Å²) in [6.07, 6.45) is 0. The highest BCUT2D eigenvalue weighted by Gasteiger charge is 2.20. The van der Waals surface area contributed by atoms with Crippen molar-refractivity contribution in [2.75, 3.05) is 20.3 Å². The van der Waals surface area contributed by atoms with E-state index in [1.165, 1.54) is 5.56 Å². The average molecular weight is 470 g/mol. The number of nitrogens with one attached hydrogen (secondary N) is 1. The molecule has 0 aliphatic carbocycles. The van der Waals surface area contributed by atoms with Gasteiger partial charge in [-0.2, -0.15) is 0 Å². The van der Waals surface area contributed by atoms with E-state index >= 15 is 0 Å². The van der Waals surface area contributed by atoms with Gasteiger partial charge in [0.2, 0.25) is 0 Å².